The highest BCUT2D eigenvalue weighted by molar-refractivity contribution is 5.60. The van der Waals surface area contributed by atoms with Gasteiger partial charge in [-0.1, -0.05) is 6.92 Å². The zero-order chi connectivity index (χ0) is 12.8. The fraction of sp³-hybridized carbons (Fsp3) is 0.571. The highest BCUT2D eigenvalue weighted by Gasteiger charge is 2.07. The lowest BCUT2D eigenvalue weighted by Crippen LogP contribution is -2.24. The Labute approximate surface area is 105 Å². The Bertz CT molecular complexity index is 350. The highest BCUT2D eigenvalue weighted by Crippen LogP contribution is 2.22. The minimum absolute atomic E-state index is 0.379. The molecule has 1 aromatic carbocycles. The summed E-state index contributed by atoms with van der Waals surface area (Å²) in [6, 6.07) is 6.85. The van der Waals surface area contributed by atoms with Gasteiger partial charge in [-0.05, 0) is 37.1 Å². The number of nitrogens with one attached hydrogen (secondary N) is 1. The summed E-state index contributed by atoms with van der Waals surface area (Å²) in [7, 11) is 5.86. The first kappa shape index (κ1) is 13.8. The number of benzene rings is 1. The lowest BCUT2D eigenvalue weighted by Gasteiger charge is -2.20. The molecule has 0 amide bonds. The third kappa shape index (κ3) is 3.93. The molecule has 0 saturated heterocycles. The van der Waals surface area contributed by atoms with Crippen LogP contribution in [0.5, 0.6) is 0 Å². The van der Waals surface area contributed by atoms with E-state index in [1.807, 2.05) is 0 Å². The second-order valence-corrected chi connectivity index (χ2v) is 4.60. The van der Waals surface area contributed by atoms with Crippen LogP contribution in [0.15, 0.2) is 18.2 Å². The molecular weight excluding hydrogens is 212 g/mol. The maximum atomic E-state index is 5.20. The average Bonchev–Trinajstić information content (AvgIpc) is 2.30. The molecular formula is C14H24N2O. The van der Waals surface area contributed by atoms with Gasteiger partial charge in [0.1, 0.15) is 0 Å². The van der Waals surface area contributed by atoms with Crippen molar-refractivity contribution in [2.24, 2.45) is 0 Å². The second-order valence-electron chi connectivity index (χ2n) is 4.60. The number of methoxy groups -OCH3 is 1. The lowest BCUT2D eigenvalue weighted by molar-refractivity contribution is 0.184. The van der Waals surface area contributed by atoms with Crippen LogP contribution in [0.2, 0.25) is 0 Å². The van der Waals surface area contributed by atoms with Crippen LogP contribution in [0.25, 0.3) is 0 Å². The lowest BCUT2D eigenvalue weighted by atomic mass is 10.1. The van der Waals surface area contributed by atoms with Gasteiger partial charge in [0.15, 0.2) is 0 Å². The molecule has 1 unspecified atom stereocenters. The Balaban J connectivity index is 2.77. The molecule has 3 heteroatoms. The molecule has 0 fully saturated rings. The molecule has 1 rings (SSSR count). The van der Waals surface area contributed by atoms with Crippen LogP contribution in [0.3, 0.4) is 0 Å². The molecule has 1 atom stereocenters. The highest BCUT2D eigenvalue weighted by atomic mass is 16.5. The van der Waals surface area contributed by atoms with Crippen LogP contribution in [0, 0.1) is 6.92 Å². The Hall–Kier alpha value is -1.22. The predicted octanol–water partition coefficient (Wildman–Crippen LogP) is 2.90. The molecule has 0 bridgehead atoms. The number of hydrogen-bond acceptors (Lipinski definition) is 3. The molecule has 0 aliphatic heterocycles. The van der Waals surface area contributed by atoms with Gasteiger partial charge in [0.25, 0.3) is 0 Å². The summed E-state index contributed by atoms with van der Waals surface area (Å²) in [6.45, 7) is 5.04. The SMILES string of the molecule is CCC(COC)Nc1ccc(N(C)C)cc1C. The molecule has 0 heterocycles. The first-order chi connectivity index (χ1) is 8.08. The average molecular weight is 236 g/mol. The molecule has 17 heavy (non-hydrogen) atoms. The number of nitrogens with zero attached hydrogens (tertiary/aromatic N) is 1. The molecule has 0 aliphatic carbocycles. The van der Waals surface area contributed by atoms with Gasteiger partial charge in [-0.2, -0.15) is 0 Å². The summed E-state index contributed by atoms with van der Waals surface area (Å²) >= 11 is 0. The first-order valence-electron chi connectivity index (χ1n) is 6.12. The van der Waals surface area contributed by atoms with Crippen molar-refractivity contribution in [1.82, 2.24) is 0 Å². The Morgan fingerprint density at radius 2 is 2.06 bits per heavy atom. The van der Waals surface area contributed by atoms with Crippen molar-refractivity contribution in [2.45, 2.75) is 26.3 Å². The molecule has 0 saturated carbocycles. The number of aryl methyl sites for hydroxylation is 1. The topological polar surface area (TPSA) is 24.5 Å². The second kappa shape index (κ2) is 6.50. The third-order valence-electron chi connectivity index (χ3n) is 2.95. The number of rotatable bonds is 6. The minimum atomic E-state index is 0.379. The summed E-state index contributed by atoms with van der Waals surface area (Å²) in [5, 5.41) is 3.52. The van der Waals surface area contributed by atoms with E-state index in [1.54, 1.807) is 7.11 Å². The Kier molecular flexibility index (Phi) is 5.29. The van der Waals surface area contributed by atoms with E-state index in [0.29, 0.717) is 6.04 Å². The van der Waals surface area contributed by atoms with Crippen LogP contribution >= 0.6 is 0 Å². The molecule has 0 spiro atoms. The van der Waals surface area contributed by atoms with Crippen LogP contribution in [0.1, 0.15) is 18.9 Å². The molecule has 1 N–H and O–H groups in total. The summed E-state index contributed by atoms with van der Waals surface area (Å²) < 4.78 is 5.20. The van der Waals surface area contributed by atoms with E-state index in [4.69, 9.17) is 4.74 Å². The van der Waals surface area contributed by atoms with Gasteiger partial charge >= 0.3 is 0 Å². The van der Waals surface area contributed by atoms with E-state index < -0.39 is 0 Å². The largest absolute Gasteiger partial charge is 0.383 e. The van der Waals surface area contributed by atoms with Crippen molar-refractivity contribution >= 4 is 11.4 Å². The minimum Gasteiger partial charge on any atom is -0.383 e. The Morgan fingerprint density at radius 3 is 2.53 bits per heavy atom. The molecule has 0 radical (unpaired) electrons. The molecule has 0 aliphatic rings. The molecule has 0 aromatic heterocycles. The van der Waals surface area contributed by atoms with Crippen molar-refractivity contribution in [3.63, 3.8) is 0 Å². The standard InChI is InChI=1S/C14H24N2O/c1-6-12(10-17-5)15-14-8-7-13(16(3)4)9-11(14)2/h7-9,12,15H,6,10H2,1-5H3. The van der Waals surface area contributed by atoms with Crippen molar-refractivity contribution < 1.29 is 4.74 Å². The number of hydrogen-bond donors (Lipinski definition) is 1. The number of anilines is 2. The van der Waals surface area contributed by atoms with Gasteiger partial charge in [0, 0.05) is 38.6 Å². The van der Waals surface area contributed by atoms with Crippen molar-refractivity contribution in [1.29, 1.82) is 0 Å². The van der Waals surface area contributed by atoms with E-state index in [-0.39, 0.29) is 0 Å². The monoisotopic (exact) mass is 236 g/mol. The maximum Gasteiger partial charge on any atom is 0.0663 e. The molecule has 3 nitrogen and oxygen atoms in total. The van der Waals surface area contributed by atoms with Gasteiger partial charge < -0.3 is 15.0 Å². The first-order valence-corrected chi connectivity index (χ1v) is 6.12. The van der Waals surface area contributed by atoms with Crippen molar-refractivity contribution in [3.8, 4) is 0 Å². The third-order valence-corrected chi connectivity index (χ3v) is 2.95. The van der Waals surface area contributed by atoms with Gasteiger partial charge in [0.05, 0.1) is 6.61 Å². The van der Waals surface area contributed by atoms with Gasteiger partial charge in [-0.15, -0.1) is 0 Å². The predicted molar refractivity (Wildman–Crippen MR) is 75.1 cm³/mol. The van der Waals surface area contributed by atoms with Crippen molar-refractivity contribution in [3.05, 3.63) is 23.8 Å². The van der Waals surface area contributed by atoms with Crippen molar-refractivity contribution in [2.75, 3.05) is 38.0 Å². The van der Waals surface area contributed by atoms with Gasteiger partial charge in [-0.3, -0.25) is 0 Å². The van der Waals surface area contributed by atoms with E-state index in [0.717, 1.165) is 13.0 Å². The maximum absolute atomic E-state index is 5.20. The summed E-state index contributed by atoms with van der Waals surface area (Å²) in [4.78, 5) is 2.11. The number of ether oxygens (including phenoxy) is 1. The van der Waals surface area contributed by atoms with E-state index in [2.05, 4.69) is 56.4 Å². The van der Waals surface area contributed by atoms with Crippen LogP contribution in [-0.4, -0.2) is 33.9 Å². The van der Waals surface area contributed by atoms with E-state index >= 15 is 0 Å². The molecule has 96 valence electrons. The quantitative estimate of drug-likeness (QED) is 0.822. The van der Waals surface area contributed by atoms with Crippen LogP contribution in [-0.2, 0) is 4.74 Å². The van der Waals surface area contributed by atoms with Crippen LogP contribution in [0.4, 0.5) is 11.4 Å². The fourth-order valence-electron chi connectivity index (χ4n) is 1.77. The fourth-order valence-corrected chi connectivity index (χ4v) is 1.77. The van der Waals surface area contributed by atoms with Gasteiger partial charge in [0.2, 0.25) is 0 Å². The zero-order valence-corrected chi connectivity index (χ0v) is 11.6. The normalized spacial score (nSPS) is 12.3. The molecule has 1 aromatic rings. The van der Waals surface area contributed by atoms with E-state index in [9.17, 15) is 0 Å². The smallest absolute Gasteiger partial charge is 0.0663 e. The van der Waals surface area contributed by atoms with Crippen LogP contribution < -0.4 is 10.2 Å². The Morgan fingerprint density at radius 1 is 1.35 bits per heavy atom. The van der Waals surface area contributed by atoms with E-state index in [1.165, 1.54) is 16.9 Å². The summed E-state index contributed by atoms with van der Waals surface area (Å²) in [5.74, 6) is 0. The summed E-state index contributed by atoms with van der Waals surface area (Å²) in [6.07, 6.45) is 1.06. The summed E-state index contributed by atoms with van der Waals surface area (Å²) in [5.41, 5.74) is 3.69. The van der Waals surface area contributed by atoms with Gasteiger partial charge in [-0.25, -0.2) is 0 Å². The zero-order valence-electron chi connectivity index (χ0n) is 11.6.